The molecule has 19 heavy (non-hydrogen) atoms. The summed E-state index contributed by atoms with van der Waals surface area (Å²) >= 11 is 0. The first-order chi connectivity index (χ1) is 8.93. The summed E-state index contributed by atoms with van der Waals surface area (Å²) in [6.07, 6.45) is 0. The Hall–Kier alpha value is -2.08. The van der Waals surface area contributed by atoms with Gasteiger partial charge in [0.05, 0.1) is 5.52 Å². The van der Waals surface area contributed by atoms with Crippen molar-refractivity contribution in [1.82, 2.24) is 4.98 Å². The molecule has 0 saturated heterocycles. The van der Waals surface area contributed by atoms with Crippen molar-refractivity contribution in [3.05, 3.63) is 45.2 Å². The second-order valence-corrected chi connectivity index (χ2v) is 5.51. The summed E-state index contributed by atoms with van der Waals surface area (Å²) in [5.74, 6) is 0.740. The van der Waals surface area contributed by atoms with Gasteiger partial charge in [0.2, 0.25) is 0 Å². The number of nitrogens with zero attached hydrogens (tertiary/aromatic N) is 1. The molecular formula is C16H18N2O. The molecule has 2 aromatic rings. The summed E-state index contributed by atoms with van der Waals surface area (Å²) in [7, 11) is 0. The standard InChI is InChI=1S/C16H18N2O/c1-9(2)11-5-12-6-13(8-17)16(19)18-15(12)14(7-11)10(3)4/h5-7,9-10H,1-4H3,(H,18,19). The Balaban J connectivity index is 2.88. The molecule has 1 aromatic carbocycles. The molecule has 3 heteroatoms. The lowest BCUT2D eigenvalue weighted by Crippen LogP contribution is -2.11. The van der Waals surface area contributed by atoms with E-state index in [4.69, 9.17) is 5.26 Å². The maximum absolute atomic E-state index is 11.8. The van der Waals surface area contributed by atoms with Gasteiger partial charge in [-0.05, 0) is 35.1 Å². The SMILES string of the molecule is CC(C)c1cc(C(C)C)c2[nH]c(=O)c(C#N)cc2c1. The van der Waals surface area contributed by atoms with Crippen LogP contribution in [0.3, 0.4) is 0 Å². The molecule has 0 atom stereocenters. The van der Waals surface area contributed by atoms with Crippen LogP contribution in [0.1, 0.15) is 56.2 Å². The van der Waals surface area contributed by atoms with E-state index in [-0.39, 0.29) is 11.1 Å². The number of pyridine rings is 1. The van der Waals surface area contributed by atoms with Crippen molar-refractivity contribution in [2.75, 3.05) is 0 Å². The zero-order valence-electron chi connectivity index (χ0n) is 11.7. The van der Waals surface area contributed by atoms with Gasteiger partial charge in [-0.1, -0.05) is 33.8 Å². The fourth-order valence-electron chi connectivity index (χ4n) is 2.24. The molecule has 3 nitrogen and oxygen atoms in total. The van der Waals surface area contributed by atoms with Crippen molar-refractivity contribution >= 4 is 10.9 Å². The van der Waals surface area contributed by atoms with Crippen LogP contribution in [0.5, 0.6) is 0 Å². The quantitative estimate of drug-likeness (QED) is 0.889. The maximum Gasteiger partial charge on any atom is 0.266 e. The van der Waals surface area contributed by atoms with Crippen molar-refractivity contribution in [3.63, 3.8) is 0 Å². The van der Waals surface area contributed by atoms with Gasteiger partial charge in [-0.15, -0.1) is 0 Å². The minimum absolute atomic E-state index is 0.170. The Bertz CT molecular complexity index is 718. The Kier molecular flexibility index (Phi) is 3.44. The molecule has 0 saturated carbocycles. The van der Waals surface area contributed by atoms with Gasteiger partial charge >= 0.3 is 0 Å². The van der Waals surface area contributed by atoms with Crippen LogP contribution in [0, 0.1) is 11.3 Å². The van der Waals surface area contributed by atoms with Gasteiger partial charge in [0.15, 0.2) is 0 Å². The molecule has 98 valence electrons. The van der Waals surface area contributed by atoms with E-state index in [1.165, 1.54) is 5.56 Å². The van der Waals surface area contributed by atoms with E-state index in [0.29, 0.717) is 11.8 Å². The van der Waals surface area contributed by atoms with E-state index in [1.54, 1.807) is 6.07 Å². The summed E-state index contributed by atoms with van der Waals surface area (Å²) < 4.78 is 0. The Morgan fingerprint density at radius 3 is 2.32 bits per heavy atom. The van der Waals surface area contributed by atoms with Crippen LogP contribution in [0.4, 0.5) is 0 Å². The van der Waals surface area contributed by atoms with Crippen molar-refractivity contribution < 1.29 is 0 Å². The van der Waals surface area contributed by atoms with Crippen molar-refractivity contribution in [3.8, 4) is 6.07 Å². The minimum Gasteiger partial charge on any atom is -0.321 e. The third-order valence-corrected chi connectivity index (χ3v) is 3.41. The Morgan fingerprint density at radius 1 is 1.11 bits per heavy atom. The van der Waals surface area contributed by atoms with Crippen LogP contribution in [0.15, 0.2) is 23.0 Å². The number of benzene rings is 1. The highest BCUT2D eigenvalue weighted by Crippen LogP contribution is 2.28. The van der Waals surface area contributed by atoms with Crippen LogP contribution in [0.2, 0.25) is 0 Å². The number of H-pyrrole nitrogens is 1. The van der Waals surface area contributed by atoms with E-state index in [0.717, 1.165) is 16.5 Å². The van der Waals surface area contributed by atoms with E-state index in [1.807, 2.05) is 6.07 Å². The topological polar surface area (TPSA) is 56.6 Å². The molecule has 0 bridgehead atoms. The number of aromatic amines is 1. The van der Waals surface area contributed by atoms with Gasteiger partial charge < -0.3 is 4.98 Å². The molecule has 2 rings (SSSR count). The average Bonchev–Trinajstić information content (AvgIpc) is 2.36. The molecule has 0 amide bonds. The lowest BCUT2D eigenvalue weighted by molar-refractivity contribution is 0.839. The fourth-order valence-corrected chi connectivity index (χ4v) is 2.24. The lowest BCUT2D eigenvalue weighted by Gasteiger charge is -2.14. The third kappa shape index (κ3) is 2.39. The molecule has 0 spiro atoms. The first kappa shape index (κ1) is 13.4. The number of hydrogen-bond acceptors (Lipinski definition) is 2. The van der Waals surface area contributed by atoms with Crippen molar-refractivity contribution in [2.24, 2.45) is 0 Å². The number of nitriles is 1. The molecule has 0 aliphatic rings. The molecule has 0 radical (unpaired) electrons. The second-order valence-electron chi connectivity index (χ2n) is 5.51. The zero-order valence-corrected chi connectivity index (χ0v) is 11.7. The first-order valence-electron chi connectivity index (χ1n) is 6.55. The number of rotatable bonds is 2. The Labute approximate surface area is 112 Å². The van der Waals surface area contributed by atoms with Crippen LogP contribution in [-0.2, 0) is 0 Å². The highest BCUT2D eigenvalue weighted by atomic mass is 16.1. The monoisotopic (exact) mass is 254 g/mol. The van der Waals surface area contributed by atoms with Gasteiger partial charge in [-0.3, -0.25) is 4.79 Å². The van der Waals surface area contributed by atoms with Gasteiger partial charge in [0.25, 0.3) is 5.56 Å². The van der Waals surface area contributed by atoms with Crippen LogP contribution >= 0.6 is 0 Å². The average molecular weight is 254 g/mol. The number of nitrogens with one attached hydrogen (secondary N) is 1. The molecule has 1 heterocycles. The first-order valence-corrected chi connectivity index (χ1v) is 6.55. The van der Waals surface area contributed by atoms with E-state index in [9.17, 15) is 4.79 Å². The summed E-state index contributed by atoms with van der Waals surface area (Å²) in [5, 5.41) is 9.90. The highest BCUT2D eigenvalue weighted by Gasteiger charge is 2.12. The lowest BCUT2D eigenvalue weighted by atomic mass is 9.92. The van der Waals surface area contributed by atoms with E-state index < -0.39 is 0 Å². The van der Waals surface area contributed by atoms with Crippen LogP contribution in [0.25, 0.3) is 10.9 Å². The third-order valence-electron chi connectivity index (χ3n) is 3.41. The molecule has 1 aromatic heterocycles. The maximum atomic E-state index is 11.8. The molecule has 1 N–H and O–H groups in total. The van der Waals surface area contributed by atoms with Crippen molar-refractivity contribution in [2.45, 2.75) is 39.5 Å². The van der Waals surface area contributed by atoms with Gasteiger partial charge in [0, 0.05) is 5.39 Å². The van der Waals surface area contributed by atoms with Gasteiger partial charge in [-0.25, -0.2) is 0 Å². The van der Waals surface area contributed by atoms with Crippen molar-refractivity contribution in [1.29, 1.82) is 5.26 Å². The normalized spacial score (nSPS) is 11.2. The summed E-state index contributed by atoms with van der Waals surface area (Å²) in [5.41, 5.74) is 3.07. The summed E-state index contributed by atoms with van der Waals surface area (Å²) in [6, 6.07) is 7.84. The predicted molar refractivity (Wildman–Crippen MR) is 77.5 cm³/mol. The Morgan fingerprint density at radius 2 is 1.79 bits per heavy atom. The largest absolute Gasteiger partial charge is 0.321 e. The minimum atomic E-state index is -0.311. The van der Waals surface area contributed by atoms with Crippen LogP contribution < -0.4 is 5.56 Å². The molecular weight excluding hydrogens is 236 g/mol. The van der Waals surface area contributed by atoms with Crippen LogP contribution in [-0.4, -0.2) is 4.98 Å². The fraction of sp³-hybridized carbons (Fsp3) is 0.375. The number of aromatic nitrogens is 1. The molecule has 0 unspecified atom stereocenters. The highest BCUT2D eigenvalue weighted by molar-refractivity contribution is 5.84. The summed E-state index contributed by atoms with van der Waals surface area (Å²) in [4.78, 5) is 14.6. The zero-order chi connectivity index (χ0) is 14.2. The van der Waals surface area contributed by atoms with Gasteiger partial charge in [0.1, 0.15) is 11.6 Å². The summed E-state index contributed by atoms with van der Waals surface area (Å²) in [6.45, 7) is 8.50. The molecule has 0 fully saturated rings. The van der Waals surface area contributed by atoms with E-state index in [2.05, 4.69) is 44.8 Å². The number of fused-ring (bicyclic) bond motifs is 1. The molecule has 0 aliphatic carbocycles. The predicted octanol–water partition coefficient (Wildman–Crippen LogP) is 3.65. The smallest absolute Gasteiger partial charge is 0.266 e. The molecule has 0 aliphatic heterocycles. The van der Waals surface area contributed by atoms with Gasteiger partial charge in [-0.2, -0.15) is 5.26 Å². The number of hydrogen-bond donors (Lipinski definition) is 1. The second kappa shape index (κ2) is 4.89. The van der Waals surface area contributed by atoms with E-state index >= 15 is 0 Å².